The molecule has 1 atom stereocenters. The molecule has 0 bridgehead atoms. The summed E-state index contributed by atoms with van der Waals surface area (Å²) in [5.41, 5.74) is 1.14. The van der Waals surface area contributed by atoms with Gasteiger partial charge >= 0.3 is 0 Å². The van der Waals surface area contributed by atoms with Crippen LogP contribution in [0.2, 0.25) is 5.02 Å². The average Bonchev–Trinajstić information content (AvgIpc) is 2.90. The lowest BCUT2D eigenvalue weighted by atomic mass is 10.1. The fourth-order valence-electron chi connectivity index (χ4n) is 2.28. The van der Waals surface area contributed by atoms with E-state index in [-0.39, 0.29) is 11.6 Å². The fourth-order valence-corrected chi connectivity index (χ4v) is 2.48. The summed E-state index contributed by atoms with van der Waals surface area (Å²) >= 11 is 5.91. The van der Waals surface area contributed by atoms with Gasteiger partial charge in [-0.2, -0.15) is 0 Å². The van der Waals surface area contributed by atoms with E-state index in [1.807, 2.05) is 0 Å². The fraction of sp³-hybridized carbons (Fsp3) is 0.133. The highest BCUT2D eigenvalue weighted by Crippen LogP contribution is 2.31. The molecular formula is C15H11ClN2O4. The lowest BCUT2D eigenvalue weighted by Crippen LogP contribution is -2.31. The Kier molecular flexibility index (Phi) is 3.68. The van der Waals surface area contributed by atoms with Crippen LogP contribution in [0.1, 0.15) is 5.56 Å². The molecule has 1 heterocycles. The topological polar surface area (TPSA) is 81.5 Å². The van der Waals surface area contributed by atoms with Crippen molar-refractivity contribution in [3.63, 3.8) is 0 Å². The average molecular weight is 319 g/mol. The molecule has 2 aromatic carbocycles. The number of ether oxygens (including phenoxy) is 1. The maximum absolute atomic E-state index is 12.2. The molecule has 6 nitrogen and oxygen atoms in total. The number of hydrogen-bond acceptors (Lipinski definition) is 4. The number of anilines is 1. The normalized spacial score (nSPS) is 15.8. The molecule has 1 aliphatic rings. The summed E-state index contributed by atoms with van der Waals surface area (Å²) in [6.07, 6.45) is -0.260. The van der Waals surface area contributed by atoms with Gasteiger partial charge in [0.1, 0.15) is 5.75 Å². The number of amides is 1. The van der Waals surface area contributed by atoms with Crippen molar-refractivity contribution in [3.05, 3.63) is 63.2 Å². The van der Waals surface area contributed by atoms with Gasteiger partial charge in [0.15, 0.2) is 6.10 Å². The highest BCUT2D eigenvalue weighted by molar-refractivity contribution is 6.30. The standard InChI is InChI=1S/C15H11ClN2O4/c16-10-4-5-13-9(6-10)7-14(22-13)15(19)17-11-2-1-3-12(8-11)18(20)21/h1-6,8,14H,7H2,(H,17,19). The highest BCUT2D eigenvalue weighted by Gasteiger charge is 2.29. The van der Waals surface area contributed by atoms with Crippen molar-refractivity contribution in [2.75, 3.05) is 5.32 Å². The van der Waals surface area contributed by atoms with E-state index >= 15 is 0 Å². The molecule has 1 unspecified atom stereocenters. The van der Waals surface area contributed by atoms with Crippen molar-refractivity contribution >= 4 is 28.9 Å². The summed E-state index contributed by atoms with van der Waals surface area (Å²) in [4.78, 5) is 22.4. The van der Waals surface area contributed by atoms with E-state index in [0.29, 0.717) is 22.9 Å². The molecule has 1 amide bonds. The quantitative estimate of drug-likeness (QED) is 0.696. The monoisotopic (exact) mass is 318 g/mol. The molecule has 0 spiro atoms. The number of halogens is 1. The van der Waals surface area contributed by atoms with Crippen molar-refractivity contribution in [1.82, 2.24) is 0 Å². The Morgan fingerprint density at radius 2 is 2.14 bits per heavy atom. The first kappa shape index (κ1) is 14.3. The van der Waals surface area contributed by atoms with Gasteiger partial charge in [-0.25, -0.2) is 0 Å². The molecule has 22 heavy (non-hydrogen) atoms. The Morgan fingerprint density at radius 3 is 2.91 bits per heavy atom. The van der Waals surface area contributed by atoms with Crippen LogP contribution in [0.15, 0.2) is 42.5 Å². The maximum Gasteiger partial charge on any atom is 0.271 e. The third-order valence-corrected chi connectivity index (χ3v) is 3.55. The van der Waals surface area contributed by atoms with Crippen LogP contribution >= 0.6 is 11.6 Å². The number of nitrogens with zero attached hydrogens (tertiary/aromatic N) is 1. The van der Waals surface area contributed by atoms with Gasteiger partial charge in [0.2, 0.25) is 0 Å². The Balaban J connectivity index is 1.71. The minimum absolute atomic E-state index is 0.0831. The molecule has 0 aromatic heterocycles. The van der Waals surface area contributed by atoms with Crippen molar-refractivity contribution in [1.29, 1.82) is 0 Å². The largest absolute Gasteiger partial charge is 0.480 e. The summed E-state index contributed by atoms with van der Waals surface area (Å²) in [7, 11) is 0. The number of rotatable bonds is 3. The van der Waals surface area contributed by atoms with Crippen LogP contribution in [0.25, 0.3) is 0 Å². The minimum Gasteiger partial charge on any atom is -0.480 e. The molecule has 2 aromatic rings. The lowest BCUT2D eigenvalue weighted by molar-refractivity contribution is -0.384. The van der Waals surface area contributed by atoms with E-state index in [2.05, 4.69) is 5.32 Å². The van der Waals surface area contributed by atoms with E-state index in [1.165, 1.54) is 18.2 Å². The Labute approximate surface area is 130 Å². The van der Waals surface area contributed by atoms with Gasteiger partial charge in [0.05, 0.1) is 4.92 Å². The smallest absolute Gasteiger partial charge is 0.271 e. The molecule has 1 aliphatic heterocycles. The number of nitro groups is 1. The zero-order valence-electron chi connectivity index (χ0n) is 11.3. The van der Waals surface area contributed by atoms with Gasteiger partial charge in [-0.1, -0.05) is 17.7 Å². The van der Waals surface area contributed by atoms with Gasteiger partial charge in [-0.3, -0.25) is 14.9 Å². The molecule has 0 saturated heterocycles. The predicted octanol–water partition coefficient (Wildman–Crippen LogP) is 3.19. The third kappa shape index (κ3) is 2.87. The first-order valence-corrected chi connectivity index (χ1v) is 6.91. The number of nitrogens with one attached hydrogen (secondary N) is 1. The minimum atomic E-state index is -0.673. The molecule has 0 saturated carbocycles. The first-order chi connectivity index (χ1) is 10.5. The maximum atomic E-state index is 12.2. The number of non-ortho nitro benzene ring substituents is 1. The molecule has 7 heteroatoms. The molecule has 112 valence electrons. The number of carbonyl (C=O) groups is 1. The predicted molar refractivity (Wildman–Crippen MR) is 81.3 cm³/mol. The summed E-state index contributed by atoms with van der Waals surface area (Å²) < 4.78 is 5.57. The van der Waals surface area contributed by atoms with Crippen LogP contribution in [0, 0.1) is 10.1 Å². The zero-order chi connectivity index (χ0) is 15.7. The summed E-state index contributed by atoms with van der Waals surface area (Å²) in [6, 6.07) is 10.9. The van der Waals surface area contributed by atoms with Crippen molar-refractivity contribution in [3.8, 4) is 5.75 Å². The highest BCUT2D eigenvalue weighted by atomic mass is 35.5. The number of hydrogen-bond donors (Lipinski definition) is 1. The van der Waals surface area contributed by atoms with E-state index in [1.54, 1.807) is 24.3 Å². The Bertz CT molecular complexity index is 763. The van der Waals surface area contributed by atoms with Crippen LogP contribution in [-0.4, -0.2) is 16.9 Å². The first-order valence-electron chi connectivity index (χ1n) is 6.53. The lowest BCUT2D eigenvalue weighted by Gasteiger charge is -2.11. The van der Waals surface area contributed by atoms with Crippen LogP contribution in [-0.2, 0) is 11.2 Å². The Morgan fingerprint density at radius 1 is 1.32 bits per heavy atom. The van der Waals surface area contributed by atoms with E-state index in [4.69, 9.17) is 16.3 Å². The zero-order valence-corrected chi connectivity index (χ0v) is 12.0. The summed E-state index contributed by atoms with van der Waals surface area (Å²) in [5.74, 6) is 0.274. The number of carbonyl (C=O) groups excluding carboxylic acids is 1. The second-order valence-corrected chi connectivity index (χ2v) is 5.30. The summed E-state index contributed by atoms with van der Waals surface area (Å²) in [5, 5.41) is 13.9. The van der Waals surface area contributed by atoms with Gasteiger partial charge in [0.25, 0.3) is 11.6 Å². The third-order valence-electron chi connectivity index (χ3n) is 3.31. The van der Waals surface area contributed by atoms with Crippen molar-refractivity contribution in [2.45, 2.75) is 12.5 Å². The number of benzene rings is 2. The van der Waals surface area contributed by atoms with Crippen molar-refractivity contribution in [2.24, 2.45) is 0 Å². The molecule has 0 aliphatic carbocycles. The molecule has 0 fully saturated rings. The van der Waals surface area contributed by atoms with Gasteiger partial charge in [-0.15, -0.1) is 0 Å². The van der Waals surface area contributed by atoms with Gasteiger partial charge in [0, 0.05) is 29.3 Å². The van der Waals surface area contributed by atoms with E-state index < -0.39 is 11.0 Å². The van der Waals surface area contributed by atoms with Crippen LogP contribution in [0.3, 0.4) is 0 Å². The molecule has 3 rings (SSSR count). The van der Waals surface area contributed by atoms with Crippen LogP contribution < -0.4 is 10.1 Å². The van der Waals surface area contributed by atoms with E-state index in [0.717, 1.165) is 5.56 Å². The van der Waals surface area contributed by atoms with Gasteiger partial charge in [-0.05, 0) is 29.8 Å². The van der Waals surface area contributed by atoms with E-state index in [9.17, 15) is 14.9 Å². The summed E-state index contributed by atoms with van der Waals surface area (Å²) in [6.45, 7) is 0. The molecule has 1 N–H and O–H groups in total. The molecular weight excluding hydrogens is 308 g/mol. The molecule has 0 radical (unpaired) electrons. The second kappa shape index (κ2) is 5.65. The number of nitro benzene ring substituents is 1. The van der Waals surface area contributed by atoms with Crippen molar-refractivity contribution < 1.29 is 14.5 Å². The van der Waals surface area contributed by atoms with Gasteiger partial charge < -0.3 is 10.1 Å². The number of fused-ring (bicyclic) bond motifs is 1. The Hall–Kier alpha value is -2.60. The van der Waals surface area contributed by atoms with Crippen LogP contribution in [0.5, 0.6) is 5.75 Å². The second-order valence-electron chi connectivity index (χ2n) is 4.86. The van der Waals surface area contributed by atoms with Crippen LogP contribution in [0.4, 0.5) is 11.4 Å². The SMILES string of the molecule is O=C(Nc1cccc([N+](=O)[O-])c1)C1Cc2cc(Cl)ccc2O1.